The lowest BCUT2D eigenvalue weighted by Gasteiger charge is -2.30. The number of rotatable bonds is 4. The zero-order chi connectivity index (χ0) is 28.4. The van der Waals surface area contributed by atoms with Gasteiger partial charge < -0.3 is 0 Å². The molecule has 0 N–H and O–H groups in total. The highest BCUT2D eigenvalue weighted by atomic mass is 19.3. The van der Waals surface area contributed by atoms with Crippen LogP contribution in [0, 0.1) is 23.7 Å². The van der Waals surface area contributed by atoms with Crippen LogP contribution in [0.5, 0.6) is 0 Å². The second-order valence-electron chi connectivity index (χ2n) is 12.9. The fourth-order valence-electron chi connectivity index (χ4n) is 5.97. The van der Waals surface area contributed by atoms with Crippen LogP contribution < -0.4 is 0 Å². The van der Waals surface area contributed by atoms with Gasteiger partial charge in [0.1, 0.15) is 0 Å². The summed E-state index contributed by atoms with van der Waals surface area (Å²) >= 11 is 0. The standard InChI is InChI=1S/C15H26FN3.C14H23F2N3/c1-10(2)12-6-7-13-14(15(5,16)9-8-12)19(11(3)4)18-17-13;1-9(2)11-5-6-12-13(14(15,16)8-7-11)17-18-19(12)10(3)4/h10-12H,6-9H2,1-5H3;9-11H,5-8H2,1-4H3. The third kappa shape index (κ3) is 6.79. The maximum atomic E-state index is 15.1. The second kappa shape index (κ2) is 12.1. The van der Waals surface area contributed by atoms with Crippen molar-refractivity contribution in [3.8, 4) is 0 Å². The summed E-state index contributed by atoms with van der Waals surface area (Å²) in [5.74, 6) is -0.837. The molecule has 38 heavy (non-hydrogen) atoms. The molecule has 3 atom stereocenters. The second-order valence-corrected chi connectivity index (χ2v) is 12.9. The Kier molecular flexibility index (Phi) is 9.72. The molecule has 4 rings (SSSR count). The van der Waals surface area contributed by atoms with Gasteiger partial charge in [-0.15, -0.1) is 10.2 Å². The fraction of sp³-hybridized carbons (Fsp3) is 0.862. The molecule has 0 radical (unpaired) electrons. The van der Waals surface area contributed by atoms with Gasteiger partial charge in [0.25, 0.3) is 5.92 Å². The number of alkyl halides is 3. The predicted molar refractivity (Wildman–Crippen MR) is 145 cm³/mol. The molecular formula is C29H49F3N6. The Bertz CT molecular complexity index is 1040. The topological polar surface area (TPSA) is 61.4 Å². The van der Waals surface area contributed by atoms with Gasteiger partial charge in [-0.2, -0.15) is 8.78 Å². The Morgan fingerprint density at radius 2 is 1.24 bits per heavy atom. The zero-order valence-corrected chi connectivity index (χ0v) is 24.9. The number of fused-ring (bicyclic) bond motifs is 2. The van der Waals surface area contributed by atoms with Crippen molar-refractivity contribution in [2.45, 2.75) is 137 Å². The summed E-state index contributed by atoms with van der Waals surface area (Å²) < 4.78 is 47.0. The molecule has 2 aliphatic carbocycles. The summed E-state index contributed by atoms with van der Waals surface area (Å²) in [5, 5.41) is 16.1. The maximum Gasteiger partial charge on any atom is 0.293 e. The molecule has 0 bridgehead atoms. The highest BCUT2D eigenvalue weighted by molar-refractivity contribution is 5.20. The molecule has 3 unspecified atom stereocenters. The quantitative estimate of drug-likeness (QED) is 0.396. The van der Waals surface area contributed by atoms with Gasteiger partial charge in [-0.05, 0) is 103 Å². The van der Waals surface area contributed by atoms with Crippen LogP contribution in [0.3, 0.4) is 0 Å². The molecule has 9 heteroatoms. The molecule has 2 heterocycles. The van der Waals surface area contributed by atoms with Gasteiger partial charge in [0.05, 0.1) is 17.1 Å². The van der Waals surface area contributed by atoms with Crippen LogP contribution in [-0.2, 0) is 24.4 Å². The highest BCUT2D eigenvalue weighted by Crippen LogP contribution is 2.41. The van der Waals surface area contributed by atoms with Crippen LogP contribution in [0.2, 0.25) is 0 Å². The van der Waals surface area contributed by atoms with Gasteiger partial charge in [-0.25, -0.2) is 13.8 Å². The van der Waals surface area contributed by atoms with Crippen molar-refractivity contribution >= 4 is 0 Å². The molecule has 2 aromatic rings. The highest BCUT2D eigenvalue weighted by Gasteiger charge is 2.41. The Labute approximate surface area is 227 Å². The largest absolute Gasteiger partial charge is 0.293 e. The van der Waals surface area contributed by atoms with Crippen LogP contribution in [0.1, 0.15) is 136 Å². The first-order valence-corrected chi connectivity index (χ1v) is 14.6. The SMILES string of the molecule is CC(C)C1CCc2c(nnn2C(C)C)C(F)(F)CC1.CC(C)C1CCc2nnn(C(C)C)c2C(C)(F)CC1. The molecule has 0 amide bonds. The van der Waals surface area contributed by atoms with E-state index >= 15 is 4.39 Å². The van der Waals surface area contributed by atoms with Crippen LogP contribution in [0.4, 0.5) is 13.2 Å². The number of hydrogen-bond acceptors (Lipinski definition) is 4. The van der Waals surface area contributed by atoms with Gasteiger partial charge in [-0.3, -0.25) is 0 Å². The molecule has 0 aromatic carbocycles. The van der Waals surface area contributed by atoms with Gasteiger partial charge in [0.15, 0.2) is 11.4 Å². The van der Waals surface area contributed by atoms with E-state index in [0.717, 1.165) is 31.4 Å². The maximum absolute atomic E-state index is 15.1. The first kappa shape index (κ1) is 30.6. The summed E-state index contributed by atoms with van der Waals surface area (Å²) in [6.45, 7) is 18.3. The smallest absolute Gasteiger partial charge is 0.246 e. The number of nitrogens with zero attached hydrogens (tertiary/aromatic N) is 6. The third-order valence-electron chi connectivity index (χ3n) is 8.58. The van der Waals surface area contributed by atoms with E-state index in [4.69, 9.17) is 0 Å². The van der Waals surface area contributed by atoms with Crippen molar-refractivity contribution in [1.82, 2.24) is 30.0 Å². The molecule has 0 spiro atoms. The number of aromatic nitrogens is 6. The van der Waals surface area contributed by atoms with Crippen LogP contribution >= 0.6 is 0 Å². The van der Waals surface area contributed by atoms with E-state index in [9.17, 15) is 8.78 Å². The Hall–Kier alpha value is -1.93. The molecule has 0 saturated carbocycles. The van der Waals surface area contributed by atoms with E-state index in [2.05, 4.69) is 48.3 Å². The molecule has 216 valence electrons. The molecular weight excluding hydrogens is 489 g/mol. The number of halogens is 3. The molecule has 6 nitrogen and oxygen atoms in total. The van der Waals surface area contributed by atoms with Crippen LogP contribution in [0.25, 0.3) is 0 Å². The van der Waals surface area contributed by atoms with Gasteiger partial charge in [0, 0.05) is 18.5 Å². The first-order chi connectivity index (χ1) is 17.7. The number of aryl methyl sites for hydroxylation is 1. The van der Waals surface area contributed by atoms with E-state index in [1.165, 1.54) is 0 Å². The lowest BCUT2D eigenvalue weighted by Crippen LogP contribution is -2.27. The zero-order valence-electron chi connectivity index (χ0n) is 24.9. The summed E-state index contributed by atoms with van der Waals surface area (Å²) in [5.41, 5.74) is 0.805. The lowest BCUT2D eigenvalue weighted by molar-refractivity contribution is -0.0288. The average Bonchev–Trinajstić information content (AvgIpc) is 3.42. The fourth-order valence-corrected chi connectivity index (χ4v) is 5.97. The van der Waals surface area contributed by atoms with E-state index in [-0.39, 0.29) is 24.2 Å². The van der Waals surface area contributed by atoms with Crippen LogP contribution in [0.15, 0.2) is 0 Å². The minimum absolute atomic E-state index is 0.0731. The Morgan fingerprint density at radius 3 is 1.79 bits per heavy atom. The van der Waals surface area contributed by atoms with E-state index < -0.39 is 11.6 Å². The minimum Gasteiger partial charge on any atom is -0.246 e. The number of hydrogen-bond donors (Lipinski definition) is 0. The summed E-state index contributed by atoms with van der Waals surface area (Å²) in [6.07, 6.45) is 5.52. The van der Waals surface area contributed by atoms with Gasteiger partial charge >= 0.3 is 0 Å². The van der Waals surface area contributed by atoms with E-state index in [0.29, 0.717) is 54.3 Å². The molecule has 2 aliphatic rings. The van der Waals surface area contributed by atoms with Crippen molar-refractivity contribution in [3.05, 3.63) is 22.8 Å². The molecule has 0 saturated heterocycles. The lowest BCUT2D eigenvalue weighted by atomic mass is 9.80. The van der Waals surface area contributed by atoms with Gasteiger partial charge in [-0.1, -0.05) is 38.1 Å². The first-order valence-electron chi connectivity index (χ1n) is 14.6. The van der Waals surface area contributed by atoms with Crippen LogP contribution in [-0.4, -0.2) is 30.0 Å². The molecule has 2 aromatic heterocycles. The average molecular weight is 539 g/mol. The Balaban J connectivity index is 0.000000211. The van der Waals surface area contributed by atoms with Crippen molar-refractivity contribution in [3.63, 3.8) is 0 Å². The molecule has 0 aliphatic heterocycles. The third-order valence-corrected chi connectivity index (χ3v) is 8.58. The van der Waals surface area contributed by atoms with Crippen molar-refractivity contribution in [2.75, 3.05) is 0 Å². The monoisotopic (exact) mass is 538 g/mol. The van der Waals surface area contributed by atoms with E-state index in [1.54, 1.807) is 16.3 Å². The predicted octanol–water partition coefficient (Wildman–Crippen LogP) is 7.99. The van der Waals surface area contributed by atoms with Crippen molar-refractivity contribution in [1.29, 1.82) is 0 Å². The molecule has 0 fully saturated rings. The minimum atomic E-state index is -2.84. The Morgan fingerprint density at radius 1 is 0.711 bits per heavy atom. The summed E-state index contributed by atoms with van der Waals surface area (Å²) in [4.78, 5) is 0. The summed E-state index contributed by atoms with van der Waals surface area (Å²) in [7, 11) is 0. The van der Waals surface area contributed by atoms with E-state index in [1.807, 2.05) is 27.7 Å². The normalized spacial score (nSPS) is 25.8. The van der Waals surface area contributed by atoms with Crippen molar-refractivity contribution in [2.24, 2.45) is 23.7 Å². The van der Waals surface area contributed by atoms with Crippen molar-refractivity contribution < 1.29 is 13.2 Å². The summed E-state index contributed by atoms with van der Waals surface area (Å²) in [6, 6.07) is 0.232. The van der Waals surface area contributed by atoms with Gasteiger partial charge in [0.2, 0.25) is 0 Å².